The molecule has 6 nitrogen and oxygen atoms in total. The quantitative estimate of drug-likeness (QED) is 0.530. The van der Waals surface area contributed by atoms with Gasteiger partial charge < -0.3 is 10.5 Å². The average Bonchev–Trinajstić information content (AvgIpc) is 2.34. The van der Waals surface area contributed by atoms with E-state index in [-0.39, 0.29) is 18.0 Å². The Labute approximate surface area is 114 Å². The minimum absolute atomic E-state index is 0.0186. The average molecular weight is 287 g/mol. The first-order valence-electron chi connectivity index (χ1n) is 6.00. The summed E-state index contributed by atoms with van der Waals surface area (Å²) in [5.74, 6) is 5.33. The molecule has 0 spiro atoms. The third-order valence-electron chi connectivity index (χ3n) is 2.58. The van der Waals surface area contributed by atoms with Crippen molar-refractivity contribution < 1.29 is 13.5 Å². The van der Waals surface area contributed by atoms with E-state index in [9.17, 15) is 13.5 Å². The predicted molar refractivity (Wildman–Crippen MR) is 75.0 cm³/mol. The lowest BCUT2D eigenvalue weighted by Gasteiger charge is -2.28. The second-order valence-corrected chi connectivity index (χ2v) is 6.79. The second kappa shape index (κ2) is 5.87. The van der Waals surface area contributed by atoms with Gasteiger partial charge in [-0.2, -0.15) is 4.31 Å². The van der Waals surface area contributed by atoms with E-state index in [1.54, 1.807) is 39.0 Å². The van der Waals surface area contributed by atoms with Gasteiger partial charge in [-0.05, 0) is 26.0 Å². The summed E-state index contributed by atoms with van der Waals surface area (Å²) < 4.78 is 26.3. The Balaban J connectivity index is 3.21. The van der Waals surface area contributed by atoms with E-state index >= 15 is 0 Å². The number of nitrogens with two attached hydrogens (primary N) is 1. The van der Waals surface area contributed by atoms with Gasteiger partial charge in [0.25, 0.3) is 0 Å². The molecule has 0 amide bonds. The van der Waals surface area contributed by atoms with Crippen molar-refractivity contribution in [1.29, 1.82) is 0 Å². The Bertz CT molecular complexity index is 523. The van der Waals surface area contributed by atoms with Crippen LogP contribution >= 0.6 is 0 Å². The van der Waals surface area contributed by atoms with Gasteiger partial charge in [-0.25, -0.2) is 8.42 Å². The van der Waals surface area contributed by atoms with Gasteiger partial charge in [0, 0.05) is 13.1 Å². The molecule has 1 aromatic rings. The number of benzene rings is 1. The lowest BCUT2D eigenvalue weighted by Crippen LogP contribution is -2.42. The molecule has 0 saturated carbocycles. The van der Waals surface area contributed by atoms with Crippen LogP contribution in [0.15, 0.2) is 29.2 Å². The molecule has 0 radical (unpaired) electrons. The van der Waals surface area contributed by atoms with Crippen LogP contribution in [0.1, 0.15) is 20.8 Å². The van der Waals surface area contributed by atoms with Crippen LogP contribution in [-0.2, 0) is 10.0 Å². The minimum atomic E-state index is -3.70. The minimum Gasteiger partial charge on any atom is -0.389 e. The SMILES string of the molecule is CCN(CC(C)(C)O)S(=O)(=O)c1ccccc1NN. The maximum Gasteiger partial charge on any atom is 0.245 e. The summed E-state index contributed by atoms with van der Waals surface area (Å²) in [6, 6.07) is 6.40. The van der Waals surface area contributed by atoms with E-state index in [1.807, 2.05) is 0 Å². The van der Waals surface area contributed by atoms with Crippen molar-refractivity contribution in [3.05, 3.63) is 24.3 Å². The molecule has 0 saturated heterocycles. The van der Waals surface area contributed by atoms with Crippen LogP contribution in [0.5, 0.6) is 0 Å². The fraction of sp³-hybridized carbons (Fsp3) is 0.500. The summed E-state index contributed by atoms with van der Waals surface area (Å²) in [5.41, 5.74) is 1.60. The molecule has 7 heteroatoms. The molecule has 4 N–H and O–H groups in total. The number of likely N-dealkylation sites (N-methyl/N-ethyl adjacent to an activating group) is 1. The Hall–Kier alpha value is -1.15. The van der Waals surface area contributed by atoms with Crippen LogP contribution in [0.4, 0.5) is 5.69 Å². The van der Waals surface area contributed by atoms with Crippen LogP contribution < -0.4 is 11.3 Å². The van der Waals surface area contributed by atoms with Crippen molar-refractivity contribution in [2.24, 2.45) is 5.84 Å². The van der Waals surface area contributed by atoms with Crippen molar-refractivity contribution in [3.8, 4) is 0 Å². The molecule has 0 aliphatic carbocycles. The molecule has 1 rings (SSSR count). The van der Waals surface area contributed by atoms with E-state index in [1.165, 1.54) is 10.4 Å². The molecule has 0 aliphatic heterocycles. The van der Waals surface area contributed by atoms with Gasteiger partial charge in [-0.1, -0.05) is 19.1 Å². The number of nitrogens with zero attached hydrogens (tertiary/aromatic N) is 1. The molecule has 0 heterocycles. The molecular formula is C12H21N3O3S. The number of para-hydroxylation sites is 1. The zero-order valence-electron chi connectivity index (χ0n) is 11.4. The molecule has 108 valence electrons. The van der Waals surface area contributed by atoms with Crippen molar-refractivity contribution >= 4 is 15.7 Å². The smallest absolute Gasteiger partial charge is 0.245 e. The number of hydrazine groups is 1. The maximum atomic E-state index is 12.5. The van der Waals surface area contributed by atoms with E-state index < -0.39 is 15.6 Å². The Kier molecular flexibility index (Phi) is 4.92. The van der Waals surface area contributed by atoms with Gasteiger partial charge in [-0.3, -0.25) is 5.84 Å². The van der Waals surface area contributed by atoms with Crippen molar-refractivity contribution in [1.82, 2.24) is 4.31 Å². The van der Waals surface area contributed by atoms with Crippen LogP contribution in [0.2, 0.25) is 0 Å². The molecule has 19 heavy (non-hydrogen) atoms. The summed E-state index contributed by atoms with van der Waals surface area (Å²) in [6.07, 6.45) is 0. The highest BCUT2D eigenvalue weighted by Crippen LogP contribution is 2.24. The number of hydrogen-bond donors (Lipinski definition) is 3. The highest BCUT2D eigenvalue weighted by atomic mass is 32.2. The maximum absolute atomic E-state index is 12.5. The van der Waals surface area contributed by atoms with Gasteiger partial charge >= 0.3 is 0 Å². The van der Waals surface area contributed by atoms with Gasteiger partial charge in [0.05, 0.1) is 11.3 Å². The molecule has 0 fully saturated rings. The number of anilines is 1. The summed E-state index contributed by atoms with van der Waals surface area (Å²) >= 11 is 0. The topological polar surface area (TPSA) is 95.7 Å². The molecule has 0 atom stereocenters. The highest BCUT2D eigenvalue weighted by molar-refractivity contribution is 7.89. The molecule has 0 bridgehead atoms. The predicted octanol–water partition coefficient (Wildman–Crippen LogP) is 0.754. The number of nitrogen functional groups attached to an aromatic ring is 1. The summed E-state index contributed by atoms with van der Waals surface area (Å²) in [7, 11) is -3.70. The zero-order valence-corrected chi connectivity index (χ0v) is 12.2. The zero-order chi connectivity index (χ0) is 14.7. The molecule has 0 unspecified atom stereocenters. The molecule has 0 aliphatic rings. The highest BCUT2D eigenvalue weighted by Gasteiger charge is 2.29. The normalized spacial score (nSPS) is 12.7. The van der Waals surface area contributed by atoms with E-state index in [2.05, 4.69) is 5.43 Å². The monoisotopic (exact) mass is 287 g/mol. The Morgan fingerprint density at radius 1 is 1.37 bits per heavy atom. The number of aliphatic hydroxyl groups is 1. The fourth-order valence-electron chi connectivity index (χ4n) is 1.75. The van der Waals surface area contributed by atoms with E-state index in [4.69, 9.17) is 5.84 Å². The van der Waals surface area contributed by atoms with Gasteiger partial charge in [0.1, 0.15) is 4.90 Å². The number of rotatable bonds is 6. The van der Waals surface area contributed by atoms with E-state index in [0.717, 1.165) is 0 Å². The van der Waals surface area contributed by atoms with Gasteiger partial charge in [0.15, 0.2) is 0 Å². The lowest BCUT2D eigenvalue weighted by molar-refractivity contribution is 0.0601. The van der Waals surface area contributed by atoms with Crippen LogP contribution in [0.3, 0.4) is 0 Å². The first kappa shape index (κ1) is 15.9. The van der Waals surface area contributed by atoms with E-state index in [0.29, 0.717) is 5.69 Å². The first-order valence-corrected chi connectivity index (χ1v) is 7.44. The number of hydrogen-bond acceptors (Lipinski definition) is 5. The van der Waals surface area contributed by atoms with Crippen LogP contribution in [0, 0.1) is 0 Å². The third-order valence-corrected chi connectivity index (χ3v) is 4.56. The van der Waals surface area contributed by atoms with Gasteiger partial charge in [0.2, 0.25) is 10.0 Å². The second-order valence-electron chi connectivity index (χ2n) is 4.88. The molecular weight excluding hydrogens is 266 g/mol. The van der Waals surface area contributed by atoms with Crippen molar-refractivity contribution in [2.45, 2.75) is 31.3 Å². The fourth-order valence-corrected chi connectivity index (χ4v) is 3.51. The molecule has 0 aromatic heterocycles. The number of sulfonamides is 1. The first-order chi connectivity index (χ1) is 8.72. The van der Waals surface area contributed by atoms with Crippen LogP contribution in [0.25, 0.3) is 0 Å². The Morgan fingerprint density at radius 3 is 2.42 bits per heavy atom. The lowest BCUT2D eigenvalue weighted by atomic mass is 10.1. The third kappa shape index (κ3) is 3.90. The number of nitrogens with one attached hydrogen (secondary N) is 1. The van der Waals surface area contributed by atoms with Crippen LogP contribution in [-0.4, -0.2) is 36.5 Å². The molecule has 1 aromatic carbocycles. The van der Waals surface area contributed by atoms with Crippen molar-refractivity contribution in [2.75, 3.05) is 18.5 Å². The summed E-state index contributed by atoms with van der Waals surface area (Å²) in [5, 5.41) is 9.81. The van der Waals surface area contributed by atoms with Crippen molar-refractivity contribution in [3.63, 3.8) is 0 Å². The summed E-state index contributed by atoms with van der Waals surface area (Å²) in [4.78, 5) is 0.101. The summed E-state index contributed by atoms with van der Waals surface area (Å²) in [6.45, 7) is 5.15. The largest absolute Gasteiger partial charge is 0.389 e. The standard InChI is InChI=1S/C12H21N3O3S/c1-4-15(9-12(2,3)16)19(17,18)11-8-6-5-7-10(11)14-13/h5-8,14,16H,4,9,13H2,1-3H3. The van der Waals surface area contributed by atoms with Gasteiger partial charge in [-0.15, -0.1) is 0 Å². The Morgan fingerprint density at radius 2 is 1.95 bits per heavy atom.